The molecule has 0 radical (unpaired) electrons. The van der Waals surface area contributed by atoms with Crippen LogP contribution in [0.2, 0.25) is 5.02 Å². The largest absolute Gasteiger partial charge is 0.355 e. The van der Waals surface area contributed by atoms with E-state index in [2.05, 4.69) is 30.8 Å². The summed E-state index contributed by atoms with van der Waals surface area (Å²) in [5, 5.41) is 10.2. The lowest BCUT2D eigenvalue weighted by Crippen LogP contribution is -2.47. The van der Waals surface area contributed by atoms with Crippen LogP contribution in [0.1, 0.15) is 27.2 Å². The van der Waals surface area contributed by atoms with Crippen LogP contribution in [0.25, 0.3) is 0 Å². The van der Waals surface area contributed by atoms with Crippen molar-refractivity contribution in [1.82, 2.24) is 20.9 Å². The van der Waals surface area contributed by atoms with Gasteiger partial charge in [-0.15, -0.1) is 24.0 Å². The van der Waals surface area contributed by atoms with Gasteiger partial charge in [-0.05, 0) is 18.6 Å². The second-order valence-corrected chi connectivity index (χ2v) is 7.80. The summed E-state index contributed by atoms with van der Waals surface area (Å²) < 4.78 is 0. The van der Waals surface area contributed by atoms with Gasteiger partial charge in [-0.1, -0.05) is 32.4 Å². The van der Waals surface area contributed by atoms with Crippen LogP contribution >= 0.6 is 35.6 Å². The maximum Gasteiger partial charge on any atom is 0.225 e. The second-order valence-electron chi connectivity index (χ2n) is 7.39. The summed E-state index contributed by atoms with van der Waals surface area (Å²) in [4.78, 5) is 22.7. The highest BCUT2D eigenvalue weighted by Crippen LogP contribution is 2.25. The van der Waals surface area contributed by atoms with Crippen LogP contribution in [0, 0.1) is 5.41 Å². The zero-order valence-corrected chi connectivity index (χ0v) is 19.5. The van der Waals surface area contributed by atoms with Crippen molar-refractivity contribution in [2.45, 2.75) is 33.2 Å². The molecule has 1 aliphatic heterocycles. The minimum atomic E-state index is -0.375. The molecule has 2 rings (SSSR count). The molecule has 1 atom stereocenters. The normalized spacial score (nSPS) is 17.3. The second kappa shape index (κ2) is 10.9. The molecule has 152 valence electrons. The van der Waals surface area contributed by atoms with Crippen LogP contribution in [-0.4, -0.2) is 56.1 Å². The first-order valence-electron chi connectivity index (χ1n) is 8.92. The van der Waals surface area contributed by atoms with E-state index in [4.69, 9.17) is 11.6 Å². The van der Waals surface area contributed by atoms with E-state index in [9.17, 15) is 4.79 Å². The van der Waals surface area contributed by atoms with Crippen LogP contribution in [0.3, 0.4) is 0 Å². The number of pyridine rings is 1. The smallest absolute Gasteiger partial charge is 0.225 e. The number of nitrogens with zero attached hydrogens (tertiary/aromatic N) is 3. The van der Waals surface area contributed by atoms with Gasteiger partial charge in [-0.25, -0.2) is 4.98 Å². The van der Waals surface area contributed by atoms with Gasteiger partial charge in [0.25, 0.3) is 0 Å². The highest BCUT2D eigenvalue weighted by atomic mass is 127. The number of guanidine groups is 1. The van der Waals surface area contributed by atoms with Crippen molar-refractivity contribution >= 4 is 53.3 Å². The Kier molecular flexibility index (Phi) is 9.58. The average molecular weight is 509 g/mol. The fourth-order valence-corrected chi connectivity index (χ4v) is 2.93. The summed E-state index contributed by atoms with van der Waals surface area (Å²) in [6.45, 7) is 8.58. The van der Waals surface area contributed by atoms with Gasteiger partial charge in [-0.3, -0.25) is 9.79 Å². The number of hydrogen-bond acceptors (Lipinski definition) is 4. The molecule has 0 spiro atoms. The van der Waals surface area contributed by atoms with Crippen molar-refractivity contribution in [2.24, 2.45) is 10.4 Å². The molecule has 7 nitrogen and oxygen atoms in total. The summed E-state index contributed by atoms with van der Waals surface area (Å²) in [7, 11) is 1.74. The van der Waals surface area contributed by atoms with E-state index in [1.165, 1.54) is 0 Å². The Labute approximate surface area is 183 Å². The van der Waals surface area contributed by atoms with Crippen LogP contribution in [-0.2, 0) is 4.79 Å². The lowest BCUT2D eigenvalue weighted by Gasteiger charge is -2.21. The monoisotopic (exact) mass is 508 g/mol. The standard InChI is InChI=1S/C18H29ClN6O.HI/c1-18(2,3)16(26)22-9-10-23-17(20-4)24-13-7-11-25(12-13)15-14(19)6-5-8-21-15;/h5-6,8,13H,7,9-12H2,1-4H3,(H,22,26)(H2,20,23,24);1H. The maximum atomic E-state index is 11.8. The topological polar surface area (TPSA) is 81.6 Å². The summed E-state index contributed by atoms with van der Waals surface area (Å²) in [5.41, 5.74) is -0.375. The van der Waals surface area contributed by atoms with Gasteiger partial charge >= 0.3 is 0 Å². The first-order chi connectivity index (χ1) is 12.3. The van der Waals surface area contributed by atoms with Crippen molar-refractivity contribution in [1.29, 1.82) is 0 Å². The van der Waals surface area contributed by atoms with E-state index in [0.29, 0.717) is 18.1 Å². The van der Waals surface area contributed by atoms with Crippen molar-refractivity contribution in [2.75, 3.05) is 38.1 Å². The number of nitrogens with one attached hydrogen (secondary N) is 3. The van der Waals surface area contributed by atoms with Crippen molar-refractivity contribution in [3.8, 4) is 0 Å². The Hall–Kier alpha value is -1.29. The first kappa shape index (κ1) is 23.7. The molecule has 0 aromatic carbocycles. The Morgan fingerprint density at radius 3 is 2.70 bits per heavy atom. The van der Waals surface area contributed by atoms with Crippen LogP contribution in [0.4, 0.5) is 5.82 Å². The van der Waals surface area contributed by atoms with Crippen molar-refractivity contribution in [3.63, 3.8) is 0 Å². The third kappa shape index (κ3) is 7.33. The minimum absolute atomic E-state index is 0. The number of aromatic nitrogens is 1. The number of halogens is 2. The lowest BCUT2D eigenvalue weighted by molar-refractivity contribution is -0.128. The van der Waals surface area contributed by atoms with Gasteiger partial charge in [0.15, 0.2) is 5.96 Å². The van der Waals surface area contributed by atoms with Gasteiger partial charge in [0.1, 0.15) is 5.82 Å². The van der Waals surface area contributed by atoms with Crippen molar-refractivity contribution < 1.29 is 4.79 Å². The molecule has 27 heavy (non-hydrogen) atoms. The Bertz CT molecular complexity index is 649. The molecule has 9 heteroatoms. The molecule has 1 fully saturated rings. The summed E-state index contributed by atoms with van der Waals surface area (Å²) in [6, 6.07) is 3.96. The molecule has 0 saturated carbocycles. The van der Waals surface area contributed by atoms with Crippen LogP contribution in [0.15, 0.2) is 23.3 Å². The highest BCUT2D eigenvalue weighted by Gasteiger charge is 2.25. The molecular weight excluding hydrogens is 479 g/mol. The number of carbonyl (C=O) groups excluding carboxylic acids is 1. The lowest BCUT2D eigenvalue weighted by atomic mass is 9.96. The Balaban J connectivity index is 0.00000364. The van der Waals surface area contributed by atoms with E-state index in [-0.39, 0.29) is 41.3 Å². The van der Waals surface area contributed by atoms with Gasteiger partial charge < -0.3 is 20.9 Å². The number of carbonyl (C=O) groups is 1. The van der Waals surface area contributed by atoms with E-state index >= 15 is 0 Å². The molecule has 3 N–H and O–H groups in total. The Morgan fingerprint density at radius 2 is 2.07 bits per heavy atom. The highest BCUT2D eigenvalue weighted by molar-refractivity contribution is 14.0. The molecule has 1 aromatic heterocycles. The summed E-state index contributed by atoms with van der Waals surface area (Å²) >= 11 is 6.23. The quantitative estimate of drug-likeness (QED) is 0.246. The van der Waals surface area contributed by atoms with Crippen LogP contribution in [0.5, 0.6) is 0 Å². The predicted octanol–water partition coefficient (Wildman–Crippen LogP) is 2.26. The van der Waals surface area contributed by atoms with E-state index < -0.39 is 0 Å². The van der Waals surface area contributed by atoms with E-state index in [1.807, 2.05) is 32.9 Å². The number of amides is 1. The first-order valence-corrected chi connectivity index (χ1v) is 9.30. The molecular formula is C18H30ClIN6O. The predicted molar refractivity (Wildman–Crippen MR) is 122 cm³/mol. The SMILES string of the molecule is CN=C(NCCNC(=O)C(C)(C)C)NC1CCN(c2ncccc2Cl)C1.I. The zero-order chi connectivity index (χ0) is 19.2. The number of anilines is 1. The molecule has 2 heterocycles. The summed E-state index contributed by atoms with van der Waals surface area (Å²) in [6.07, 6.45) is 2.74. The van der Waals surface area contributed by atoms with Gasteiger partial charge in [0.2, 0.25) is 5.91 Å². The van der Waals surface area contributed by atoms with Gasteiger partial charge in [0.05, 0.1) is 5.02 Å². The average Bonchev–Trinajstić information content (AvgIpc) is 3.05. The molecule has 1 unspecified atom stereocenters. The third-order valence-corrected chi connectivity index (χ3v) is 4.47. The maximum absolute atomic E-state index is 11.8. The number of aliphatic imine (C=N–C) groups is 1. The number of rotatable bonds is 5. The van der Waals surface area contributed by atoms with Gasteiger partial charge in [0, 0.05) is 50.9 Å². The molecule has 1 aromatic rings. The molecule has 1 saturated heterocycles. The molecule has 0 aliphatic carbocycles. The van der Waals surface area contributed by atoms with E-state index in [1.54, 1.807) is 13.2 Å². The fraction of sp³-hybridized carbons (Fsp3) is 0.611. The number of hydrogen-bond donors (Lipinski definition) is 3. The third-order valence-electron chi connectivity index (χ3n) is 4.18. The van der Waals surface area contributed by atoms with Crippen molar-refractivity contribution in [3.05, 3.63) is 23.4 Å². The Morgan fingerprint density at radius 1 is 1.37 bits per heavy atom. The molecule has 1 amide bonds. The molecule has 1 aliphatic rings. The summed E-state index contributed by atoms with van der Waals surface area (Å²) in [5.74, 6) is 1.60. The molecule has 0 bridgehead atoms. The zero-order valence-electron chi connectivity index (χ0n) is 16.4. The van der Waals surface area contributed by atoms with Crippen LogP contribution < -0.4 is 20.9 Å². The fourth-order valence-electron chi connectivity index (χ4n) is 2.69. The van der Waals surface area contributed by atoms with Gasteiger partial charge in [-0.2, -0.15) is 0 Å². The minimum Gasteiger partial charge on any atom is -0.355 e. The van der Waals surface area contributed by atoms with E-state index in [0.717, 1.165) is 31.3 Å².